The number of hydrogen-bond acceptors (Lipinski definition) is 3. The Hall–Kier alpha value is -0.490. The molecule has 0 radical (unpaired) electrons. The average Bonchev–Trinajstić information content (AvgIpc) is 2.46. The first kappa shape index (κ1) is 17.6. The molecule has 1 aromatic rings. The van der Waals surface area contributed by atoms with Crippen LogP contribution in [0.5, 0.6) is 0 Å². The summed E-state index contributed by atoms with van der Waals surface area (Å²) in [5.41, 5.74) is 6.85. The third kappa shape index (κ3) is 4.52. The second-order valence-electron chi connectivity index (χ2n) is 4.91. The highest BCUT2D eigenvalue weighted by molar-refractivity contribution is 9.10. The van der Waals surface area contributed by atoms with E-state index in [1.165, 1.54) is 0 Å². The Labute approximate surface area is 129 Å². The smallest absolute Gasteiger partial charge is 0.137 e. The summed E-state index contributed by atoms with van der Waals surface area (Å²) in [6, 6.07) is 5.59. The Kier molecular flexibility index (Phi) is 7.66. The summed E-state index contributed by atoms with van der Waals surface area (Å²) in [5, 5.41) is 0. The molecule has 5 heteroatoms. The lowest BCUT2D eigenvalue weighted by Crippen LogP contribution is -2.41. The zero-order valence-electron chi connectivity index (χ0n) is 12.4. The van der Waals surface area contributed by atoms with Crippen LogP contribution in [0.1, 0.15) is 31.9 Å². The van der Waals surface area contributed by atoms with Crippen molar-refractivity contribution in [2.75, 3.05) is 26.8 Å². The number of nitrogens with two attached hydrogens (primary N) is 1. The van der Waals surface area contributed by atoms with Gasteiger partial charge in [0.2, 0.25) is 0 Å². The van der Waals surface area contributed by atoms with Crippen molar-refractivity contribution in [3.05, 3.63) is 34.1 Å². The van der Waals surface area contributed by atoms with Crippen molar-refractivity contribution in [2.24, 2.45) is 5.73 Å². The molecule has 1 aromatic carbocycles. The van der Waals surface area contributed by atoms with Gasteiger partial charge in [0, 0.05) is 32.3 Å². The number of benzene rings is 1. The summed E-state index contributed by atoms with van der Waals surface area (Å²) < 4.78 is 19.4. The van der Waals surface area contributed by atoms with Crippen molar-refractivity contribution >= 4 is 15.9 Å². The highest BCUT2D eigenvalue weighted by atomic mass is 79.9. The maximum Gasteiger partial charge on any atom is 0.137 e. The van der Waals surface area contributed by atoms with Crippen molar-refractivity contribution < 1.29 is 9.13 Å². The van der Waals surface area contributed by atoms with Gasteiger partial charge in [0.1, 0.15) is 5.82 Å². The van der Waals surface area contributed by atoms with Crippen LogP contribution < -0.4 is 5.73 Å². The van der Waals surface area contributed by atoms with Gasteiger partial charge in [-0.15, -0.1) is 0 Å². The average molecular weight is 347 g/mol. The number of rotatable bonds is 8. The number of nitrogens with zero attached hydrogens (tertiary/aromatic N) is 1. The molecule has 0 saturated carbocycles. The van der Waals surface area contributed by atoms with Crippen LogP contribution >= 0.6 is 15.9 Å². The van der Waals surface area contributed by atoms with Gasteiger partial charge in [0.25, 0.3) is 0 Å². The minimum absolute atomic E-state index is 0.00250. The molecule has 0 fully saturated rings. The van der Waals surface area contributed by atoms with Crippen LogP contribution in [0.25, 0.3) is 0 Å². The summed E-state index contributed by atoms with van der Waals surface area (Å²) in [4.78, 5) is 2.28. The molecule has 2 unspecified atom stereocenters. The molecular formula is C15H24BrFN2O. The lowest BCUT2D eigenvalue weighted by Gasteiger charge is -2.35. The fourth-order valence-electron chi connectivity index (χ4n) is 2.30. The molecule has 114 valence electrons. The van der Waals surface area contributed by atoms with Crippen molar-refractivity contribution in [1.29, 1.82) is 0 Å². The van der Waals surface area contributed by atoms with Crippen molar-refractivity contribution in [3.63, 3.8) is 0 Å². The Balaban J connectivity index is 3.01. The van der Waals surface area contributed by atoms with Gasteiger partial charge < -0.3 is 10.5 Å². The lowest BCUT2D eigenvalue weighted by molar-refractivity contribution is 0.0901. The maximum absolute atomic E-state index is 13.7. The Morgan fingerprint density at radius 1 is 1.45 bits per heavy atom. The van der Waals surface area contributed by atoms with E-state index >= 15 is 0 Å². The van der Waals surface area contributed by atoms with E-state index in [4.69, 9.17) is 10.5 Å². The number of halogens is 2. The van der Waals surface area contributed by atoms with Gasteiger partial charge in [-0.1, -0.05) is 13.0 Å². The SMILES string of the molecule is CCC(C)N(CCOC)C(CN)c1ccc(Br)c(F)c1. The summed E-state index contributed by atoms with van der Waals surface area (Å²) in [6.45, 7) is 6.17. The third-order valence-corrected chi connectivity index (χ3v) is 4.31. The fourth-order valence-corrected chi connectivity index (χ4v) is 2.54. The van der Waals surface area contributed by atoms with Gasteiger partial charge in [-0.2, -0.15) is 0 Å². The highest BCUT2D eigenvalue weighted by Crippen LogP contribution is 2.26. The van der Waals surface area contributed by atoms with Crippen LogP contribution in [0, 0.1) is 5.82 Å². The highest BCUT2D eigenvalue weighted by Gasteiger charge is 2.23. The van der Waals surface area contributed by atoms with Crippen molar-refractivity contribution in [3.8, 4) is 0 Å². The van der Waals surface area contributed by atoms with E-state index in [2.05, 4.69) is 34.7 Å². The second-order valence-corrected chi connectivity index (χ2v) is 5.77. The largest absolute Gasteiger partial charge is 0.383 e. The van der Waals surface area contributed by atoms with Crippen LogP contribution in [0.15, 0.2) is 22.7 Å². The molecule has 20 heavy (non-hydrogen) atoms. The zero-order chi connectivity index (χ0) is 15.1. The quantitative estimate of drug-likeness (QED) is 0.784. The second kappa shape index (κ2) is 8.72. The van der Waals surface area contributed by atoms with Gasteiger partial charge in [-0.25, -0.2) is 4.39 Å². The van der Waals surface area contributed by atoms with Crippen molar-refractivity contribution in [2.45, 2.75) is 32.4 Å². The Bertz CT molecular complexity index is 417. The summed E-state index contributed by atoms with van der Waals surface area (Å²) in [7, 11) is 1.69. The first-order valence-electron chi connectivity index (χ1n) is 6.94. The Morgan fingerprint density at radius 3 is 2.65 bits per heavy atom. The van der Waals surface area contributed by atoms with Gasteiger partial charge in [0.05, 0.1) is 11.1 Å². The molecular weight excluding hydrogens is 323 g/mol. The first-order chi connectivity index (χ1) is 9.54. The third-order valence-electron chi connectivity index (χ3n) is 3.66. The van der Waals surface area contributed by atoms with Gasteiger partial charge >= 0.3 is 0 Å². The van der Waals surface area contributed by atoms with E-state index in [1.54, 1.807) is 19.2 Å². The lowest BCUT2D eigenvalue weighted by atomic mass is 10.0. The van der Waals surface area contributed by atoms with E-state index in [1.807, 2.05) is 6.07 Å². The number of methoxy groups -OCH3 is 1. The summed E-state index contributed by atoms with van der Waals surface area (Å²) >= 11 is 3.18. The molecule has 0 aromatic heterocycles. The molecule has 0 aliphatic carbocycles. The molecule has 3 nitrogen and oxygen atoms in total. The first-order valence-corrected chi connectivity index (χ1v) is 7.74. The maximum atomic E-state index is 13.7. The van der Waals surface area contributed by atoms with Crippen LogP contribution in [0.3, 0.4) is 0 Å². The van der Waals surface area contributed by atoms with E-state index in [0.717, 1.165) is 18.5 Å². The van der Waals surface area contributed by atoms with Crippen molar-refractivity contribution in [1.82, 2.24) is 4.90 Å². The number of hydrogen-bond donors (Lipinski definition) is 1. The van der Waals surface area contributed by atoms with Gasteiger partial charge in [0.15, 0.2) is 0 Å². The molecule has 1 rings (SSSR count). The summed E-state index contributed by atoms with van der Waals surface area (Å²) in [5.74, 6) is -0.253. The minimum atomic E-state index is -0.253. The van der Waals surface area contributed by atoms with Gasteiger partial charge in [-0.3, -0.25) is 4.90 Å². The van der Waals surface area contributed by atoms with E-state index in [9.17, 15) is 4.39 Å². The fraction of sp³-hybridized carbons (Fsp3) is 0.600. The zero-order valence-corrected chi connectivity index (χ0v) is 14.0. The van der Waals surface area contributed by atoms with E-state index < -0.39 is 0 Å². The molecule has 0 saturated heterocycles. The monoisotopic (exact) mass is 346 g/mol. The number of ether oxygens (including phenoxy) is 1. The van der Waals surface area contributed by atoms with Gasteiger partial charge in [-0.05, 0) is 47.0 Å². The normalized spacial score (nSPS) is 14.6. The molecule has 0 aliphatic rings. The van der Waals surface area contributed by atoms with E-state index in [0.29, 0.717) is 23.7 Å². The van der Waals surface area contributed by atoms with Crippen LogP contribution in [-0.2, 0) is 4.74 Å². The molecule has 0 amide bonds. The predicted molar refractivity (Wildman–Crippen MR) is 84.2 cm³/mol. The summed E-state index contributed by atoms with van der Waals surface area (Å²) in [6.07, 6.45) is 1.01. The molecule has 2 atom stereocenters. The predicted octanol–water partition coefficient (Wildman–Crippen LogP) is 3.33. The van der Waals surface area contributed by atoms with Crippen LogP contribution in [0.4, 0.5) is 4.39 Å². The topological polar surface area (TPSA) is 38.5 Å². The van der Waals surface area contributed by atoms with Crippen LogP contribution in [0.2, 0.25) is 0 Å². The van der Waals surface area contributed by atoms with E-state index in [-0.39, 0.29) is 11.9 Å². The molecule has 0 heterocycles. The molecule has 0 spiro atoms. The molecule has 2 N–H and O–H groups in total. The standard InChI is InChI=1S/C15H24BrFN2O/c1-4-11(2)19(7-8-20-3)15(10-18)12-5-6-13(16)14(17)9-12/h5-6,9,11,15H,4,7-8,10,18H2,1-3H3. The minimum Gasteiger partial charge on any atom is -0.383 e. The molecule has 0 bridgehead atoms. The van der Waals surface area contributed by atoms with Crippen LogP contribution in [-0.4, -0.2) is 37.7 Å². The molecule has 0 aliphatic heterocycles. The Morgan fingerprint density at radius 2 is 2.15 bits per heavy atom.